The first-order chi connectivity index (χ1) is 10.2. The van der Waals surface area contributed by atoms with Crippen LogP contribution in [0.25, 0.3) is 0 Å². The maximum atomic E-state index is 6.49. The lowest BCUT2D eigenvalue weighted by atomic mass is 10.1. The lowest BCUT2D eigenvalue weighted by molar-refractivity contribution is 0.322. The molecule has 0 saturated carbocycles. The lowest BCUT2D eigenvalue weighted by Crippen LogP contribution is -2.18. The third-order valence-electron chi connectivity index (χ3n) is 3.73. The van der Waals surface area contributed by atoms with Crippen molar-refractivity contribution in [1.29, 1.82) is 0 Å². The number of nitrogens with zero attached hydrogens (tertiary/aromatic N) is 1. The van der Waals surface area contributed by atoms with Crippen molar-refractivity contribution in [2.24, 2.45) is 5.73 Å². The Bertz CT molecular complexity index is 642. The van der Waals surface area contributed by atoms with E-state index < -0.39 is 0 Å². The molecular formula is C17H19ClN2O. The molecule has 3 nitrogen and oxygen atoms in total. The first-order valence-electron chi connectivity index (χ1n) is 7.21. The number of anilines is 2. The molecule has 0 spiro atoms. The molecule has 0 fully saturated rings. The quantitative estimate of drug-likeness (QED) is 0.900. The van der Waals surface area contributed by atoms with Crippen LogP contribution >= 0.6 is 11.6 Å². The van der Waals surface area contributed by atoms with E-state index in [1.165, 1.54) is 0 Å². The predicted molar refractivity (Wildman–Crippen MR) is 87.6 cm³/mol. The van der Waals surface area contributed by atoms with Crippen LogP contribution in [0, 0.1) is 0 Å². The normalized spacial score (nSPS) is 15.9. The Labute approximate surface area is 130 Å². The monoisotopic (exact) mass is 302 g/mol. The molecule has 0 saturated heterocycles. The molecule has 1 aliphatic heterocycles. The fraction of sp³-hybridized carbons (Fsp3) is 0.294. The maximum Gasteiger partial charge on any atom is 0.142 e. The molecule has 2 aromatic carbocycles. The topological polar surface area (TPSA) is 38.5 Å². The molecule has 0 radical (unpaired) electrons. The summed E-state index contributed by atoms with van der Waals surface area (Å²) in [4.78, 5) is 2.22. The number of fused-ring (bicyclic) bond motifs is 1. The molecule has 1 heterocycles. The van der Waals surface area contributed by atoms with Gasteiger partial charge in [-0.05, 0) is 43.2 Å². The minimum Gasteiger partial charge on any atom is -0.491 e. The van der Waals surface area contributed by atoms with Crippen molar-refractivity contribution in [2.45, 2.75) is 19.4 Å². The van der Waals surface area contributed by atoms with Gasteiger partial charge in [-0.1, -0.05) is 29.8 Å². The standard InChI is InChI=1S/C17H19ClN2O/c1-12(19)13-7-8-15(14(18)11-13)20-9-4-10-21-17-6-3-2-5-16(17)20/h2-3,5-8,11-12H,4,9-10,19H2,1H3/t12-/m0/s1. The number of rotatable bonds is 2. The van der Waals surface area contributed by atoms with Crippen molar-refractivity contribution in [1.82, 2.24) is 0 Å². The van der Waals surface area contributed by atoms with Crippen LogP contribution in [-0.4, -0.2) is 13.2 Å². The predicted octanol–water partition coefficient (Wildman–Crippen LogP) is 4.28. The average molecular weight is 303 g/mol. The summed E-state index contributed by atoms with van der Waals surface area (Å²) in [6.45, 7) is 3.57. The third kappa shape index (κ3) is 2.85. The molecule has 2 N–H and O–H groups in total. The van der Waals surface area contributed by atoms with Crippen LogP contribution in [0.15, 0.2) is 42.5 Å². The van der Waals surface area contributed by atoms with Gasteiger partial charge >= 0.3 is 0 Å². The minimum absolute atomic E-state index is 0.0173. The Morgan fingerprint density at radius 2 is 2.00 bits per heavy atom. The third-order valence-corrected chi connectivity index (χ3v) is 4.03. The van der Waals surface area contributed by atoms with Crippen LogP contribution < -0.4 is 15.4 Å². The zero-order chi connectivity index (χ0) is 14.8. The van der Waals surface area contributed by atoms with E-state index >= 15 is 0 Å². The molecule has 0 amide bonds. The van der Waals surface area contributed by atoms with Crippen LogP contribution in [0.1, 0.15) is 24.9 Å². The van der Waals surface area contributed by atoms with Crippen LogP contribution in [0.2, 0.25) is 5.02 Å². The van der Waals surface area contributed by atoms with Crippen molar-refractivity contribution >= 4 is 23.0 Å². The van der Waals surface area contributed by atoms with Crippen LogP contribution in [0.3, 0.4) is 0 Å². The number of para-hydroxylation sites is 2. The first kappa shape index (κ1) is 14.2. The van der Waals surface area contributed by atoms with Crippen molar-refractivity contribution in [3.8, 4) is 5.75 Å². The fourth-order valence-electron chi connectivity index (χ4n) is 2.60. The van der Waals surface area contributed by atoms with E-state index in [4.69, 9.17) is 22.1 Å². The van der Waals surface area contributed by atoms with Gasteiger partial charge in [0.25, 0.3) is 0 Å². The van der Waals surface area contributed by atoms with Crippen molar-refractivity contribution < 1.29 is 4.74 Å². The van der Waals surface area contributed by atoms with Crippen molar-refractivity contribution in [3.63, 3.8) is 0 Å². The van der Waals surface area contributed by atoms with Crippen molar-refractivity contribution in [2.75, 3.05) is 18.1 Å². The van der Waals surface area contributed by atoms with Crippen molar-refractivity contribution in [3.05, 3.63) is 53.1 Å². The van der Waals surface area contributed by atoms with Gasteiger partial charge in [-0.15, -0.1) is 0 Å². The van der Waals surface area contributed by atoms with Crippen LogP contribution in [0.5, 0.6) is 5.75 Å². The zero-order valence-electron chi connectivity index (χ0n) is 12.1. The minimum atomic E-state index is -0.0173. The fourth-order valence-corrected chi connectivity index (χ4v) is 2.89. The number of ether oxygens (including phenoxy) is 1. The number of halogens is 1. The Morgan fingerprint density at radius 3 is 2.76 bits per heavy atom. The summed E-state index contributed by atoms with van der Waals surface area (Å²) in [5.41, 5.74) is 9.02. The highest BCUT2D eigenvalue weighted by atomic mass is 35.5. The summed E-state index contributed by atoms with van der Waals surface area (Å²) in [7, 11) is 0. The molecule has 2 aromatic rings. The second kappa shape index (κ2) is 5.96. The van der Waals surface area contributed by atoms with Crippen LogP contribution in [0.4, 0.5) is 11.4 Å². The van der Waals surface area contributed by atoms with Gasteiger partial charge in [-0.2, -0.15) is 0 Å². The Kier molecular flexibility index (Phi) is 4.04. The summed E-state index contributed by atoms with van der Waals surface area (Å²) in [6, 6.07) is 14.1. The SMILES string of the molecule is C[C@H](N)c1ccc(N2CCCOc3ccccc32)c(Cl)c1. The highest BCUT2D eigenvalue weighted by Crippen LogP contribution is 2.39. The maximum absolute atomic E-state index is 6.49. The molecule has 0 aliphatic carbocycles. The van der Waals surface area contributed by atoms with E-state index in [9.17, 15) is 0 Å². The molecule has 0 aromatic heterocycles. The van der Waals surface area contributed by atoms with E-state index in [1.807, 2.05) is 43.3 Å². The summed E-state index contributed by atoms with van der Waals surface area (Å²) < 4.78 is 5.80. The number of nitrogens with two attached hydrogens (primary N) is 1. The first-order valence-corrected chi connectivity index (χ1v) is 7.59. The van der Waals surface area contributed by atoms with E-state index in [0.29, 0.717) is 0 Å². The molecule has 21 heavy (non-hydrogen) atoms. The highest BCUT2D eigenvalue weighted by molar-refractivity contribution is 6.33. The number of hydrogen-bond acceptors (Lipinski definition) is 3. The number of benzene rings is 2. The summed E-state index contributed by atoms with van der Waals surface area (Å²) >= 11 is 6.49. The summed E-state index contributed by atoms with van der Waals surface area (Å²) in [5.74, 6) is 0.905. The van der Waals surface area contributed by atoms with Gasteiger partial charge in [-0.3, -0.25) is 0 Å². The van der Waals surface area contributed by atoms with E-state index in [1.54, 1.807) is 0 Å². The Morgan fingerprint density at radius 1 is 1.19 bits per heavy atom. The second-order valence-electron chi connectivity index (χ2n) is 5.32. The van der Waals surface area contributed by atoms with Gasteiger partial charge in [0.2, 0.25) is 0 Å². The van der Waals surface area contributed by atoms with Gasteiger partial charge < -0.3 is 15.4 Å². The van der Waals surface area contributed by atoms with Gasteiger partial charge in [0.1, 0.15) is 5.75 Å². The van der Waals surface area contributed by atoms with Gasteiger partial charge in [0.15, 0.2) is 0 Å². The summed E-state index contributed by atoms with van der Waals surface area (Å²) in [5, 5.41) is 0.724. The van der Waals surface area contributed by atoms with E-state index in [0.717, 1.165) is 47.3 Å². The molecule has 110 valence electrons. The van der Waals surface area contributed by atoms with Gasteiger partial charge in [0, 0.05) is 12.6 Å². The molecule has 1 atom stereocenters. The molecular weight excluding hydrogens is 284 g/mol. The molecule has 0 bridgehead atoms. The number of hydrogen-bond donors (Lipinski definition) is 1. The van der Waals surface area contributed by atoms with Gasteiger partial charge in [0.05, 0.1) is 23.0 Å². The Hall–Kier alpha value is -1.71. The van der Waals surface area contributed by atoms with Gasteiger partial charge in [-0.25, -0.2) is 0 Å². The smallest absolute Gasteiger partial charge is 0.142 e. The van der Waals surface area contributed by atoms with Crippen LogP contribution in [-0.2, 0) is 0 Å². The second-order valence-corrected chi connectivity index (χ2v) is 5.73. The average Bonchev–Trinajstić information content (AvgIpc) is 2.69. The lowest BCUT2D eigenvalue weighted by Gasteiger charge is -2.25. The molecule has 1 aliphatic rings. The highest BCUT2D eigenvalue weighted by Gasteiger charge is 2.19. The summed E-state index contributed by atoms with van der Waals surface area (Å²) in [6.07, 6.45) is 0.958. The Balaban J connectivity index is 2.04. The molecule has 0 unspecified atom stereocenters. The molecule has 3 rings (SSSR count). The zero-order valence-corrected chi connectivity index (χ0v) is 12.8. The molecule has 4 heteroatoms. The van der Waals surface area contributed by atoms with E-state index in [2.05, 4.69) is 11.0 Å². The van der Waals surface area contributed by atoms with E-state index in [-0.39, 0.29) is 6.04 Å². The largest absolute Gasteiger partial charge is 0.491 e.